The minimum absolute atomic E-state index is 0.201. The molecule has 0 fully saturated rings. The van der Waals surface area contributed by atoms with E-state index in [9.17, 15) is 4.79 Å². The first kappa shape index (κ1) is 12.2. The van der Waals surface area contributed by atoms with E-state index in [1.807, 2.05) is 30.3 Å². The van der Waals surface area contributed by atoms with Crippen LogP contribution >= 0.6 is 11.3 Å². The van der Waals surface area contributed by atoms with Crippen molar-refractivity contribution in [1.82, 2.24) is 14.8 Å². The fraction of sp³-hybridized carbons (Fsp3) is 0.143. The SMILES string of the molecule is O=c1[nH]ncn1Cc1ccc(-c2ccc3c(c2)OCO3)s1. The number of ether oxygens (including phenoxy) is 2. The summed E-state index contributed by atoms with van der Waals surface area (Å²) in [4.78, 5) is 13.7. The van der Waals surface area contributed by atoms with Gasteiger partial charge < -0.3 is 9.47 Å². The highest BCUT2D eigenvalue weighted by Gasteiger charge is 2.14. The summed E-state index contributed by atoms with van der Waals surface area (Å²) < 4.78 is 12.2. The van der Waals surface area contributed by atoms with Gasteiger partial charge in [-0.1, -0.05) is 0 Å². The zero-order valence-corrected chi connectivity index (χ0v) is 11.7. The third-order valence-electron chi connectivity index (χ3n) is 3.26. The number of aromatic amines is 1. The van der Waals surface area contributed by atoms with Crippen LogP contribution in [0.5, 0.6) is 11.5 Å². The Kier molecular flexibility index (Phi) is 2.78. The fourth-order valence-corrected chi connectivity index (χ4v) is 3.22. The van der Waals surface area contributed by atoms with Gasteiger partial charge in [-0.2, -0.15) is 5.10 Å². The van der Waals surface area contributed by atoms with Gasteiger partial charge in [-0.3, -0.25) is 4.57 Å². The molecule has 0 aliphatic carbocycles. The smallest absolute Gasteiger partial charge is 0.343 e. The highest BCUT2D eigenvalue weighted by molar-refractivity contribution is 7.15. The van der Waals surface area contributed by atoms with Crippen molar-refractivity contribution in [3.63, 3.8) is 0 Å². The quantitative estimate of drug-likeness (QED) is 0.804. The van der Waals surface area contributed by atoms with Crippen molar-refractivity contribution in [1.29, 1.82) is 0 Å². The van der Waals surface area contributed by atoms with E-state index in [-0.39, 0.29) is 12.5 Å². The summed E-state index contributed by atoms with van der Waals surface area (Å²) in [5.41, 5.74) is 0.878. The molecular formula is C14H11N3O3S. The molecule has 0 amide bonds. The number of aromatic nitrogens is 3. The van der Waals surface area contributed by atoms with Crippen molar-refractivity contribution in [3.05, 3.63) is 52.0 Å². The molecule has 0 radical (unpaired) electrons. The number of H-pyrrole nitrogens is 1. The molecule has 21 heavy (non-hydrogen) atoms. The fourth-order valence-electron chi connectivity index (χ4n) is 2.22. The maximum atomic E-state index is 11.4. The van der Waals surface area contributed by atoms with Gasteiger partial charge in [-0.15, -0.1) is 11.3 Å². The molecule has 1 N–H and O–H groups in total. The van der Waals surface area contributed by atoms with Crippen LogP contribution in [-0.4, -0.2) is 21.6 Å². The van der Waals surface area contributed by atoms with Crippen LogP contribution in [0, 0.1) is 0 Å². The Labute approximate surface area is 123 Å². The lowest BCUT2D eigenvalue weighted by Crippen LogP contribution is -2.16. The number of hydrogen-bond acceptors (Lipinski definition) is 5. The van der Waals surface area contributed by atoms with Crippen molar-refractivity contribution in [2.75, 3.05) is 6.79 Å². The van der Waals surface area contributed by atoms with Crippen LogP contribution in [0.4, 0.5) is 0 Å². The monoisotopic (exact) mass is 301 g/mol. The van der Waals surface area contributed by atoms with E-state index in [0.717, 1.165) is 26.8 Å². The number of nitrogens with zero attached hydrogens (tertiary/aromatic N) is 2. The lowest BCUT2D eigenvalue weighted by Gasteiger charge is -2.00. The largest absolute Gasteiger partial charge is 0.454 e. The van der Waals surface area contributed by atoms with Crippen molar-refractivity contribution in [2.45, 2.75) is 6.54 Å². The molecule has 0 saturated heterocycles. The topological polar surface area (TPSA) is 69.1 Å². The van der Waals surface area contributed by atoms with Gasteiger partial charge in [-0.05, 0) is 35.9 Å². The summed E-state index contributed by atoms with van der Waals surface area (Å²) in [6.07, 6.45) is 1.50. The second kappa shape index (κ2) is 4.78. The Morgan fingerprint density at radius 2 is 2.14 bits per heavy atom. The molecule has 2 aromatic heterocycles. The summed E-state index contributed by atoms with van der Waals surface area (Å²) in [6, 6.07) is 9.96. The van der Waals surface area contributed by atoms with E-state index in [1.54, 1.807) is 11.3 Å². The van der Waals surface area contributed by atoms with Gasteiger partial charge in [0.25, 0.3) is 0 Å². The Bertz CT molecular complexity index is 849. The molecule has 106 valence electrons. The third kappa shape index (κ3) is 2.21. The first-order valence-electron chi connectivity index (χ1n) is 6.38. The number of fused-ring (bicyclic) bond motifs is 1. The second-order valence-corrected chi connectivity index (χ2v) is 5.79. The molecule has 1 aliphatic heterocycles. The van der Waals surface area contributed by atoms with Gasteiger partial charge in [0.05, 0.1) is 6.54 Å². The normalized spacial score (nSPS) is 12.8. The predicted molar refractivity (Wildman–Crippen MR) is 77.8 cm³/mol. The highest BCUT2D eigenvalue weighted by Crippen LogP contribution is 2.37. The van der Waals surface area contributed by atoms with Gasteiger partial charge >= 0.3 is 5.69 Å². The zero-order valence-electron chi connectivity index (χ0n) is 10.9. The highest BCUT2D eigenvalue weighted by atomic mass is 32.1. The maximum absolute atomic E-state index is 11.4. The molecule has 3 heterocycles. The summed E-state index contributed by atoms with van der Waals surface area (Å²) in [7, 11) is 0. The molecule has 0 bridgehead atoms. The minimum Gasteiger partial charge on any atom is -0.454 e. The van der Waals surface area contributed by atoms with Gasteiger partial charge in [-0.25, -0.2) is 9.89 Å². The first-order chi connectivity index (χ1) is 10.3. The van der Waals surface area contributed by atoms with Crippen molar-refractivity contribution in [3.8, 4) is 21.9 Å². The van der Waals surface area contributed by atoms with E-state index >= 15 is 0 Å². The predicted octanol–water partition coefficient (Wildman–Crippen LogP) is 2.08. The van der Waals surface area contributed by atoms with Crippen LogP contribution in [0.3, 0.4) is 0 Å². The molecule has 0 spiro atoms. The van der Waals surface area contributed by atoms with Gasteiger partial charge in [0, 0.05) is 9.75 Å². The molecular weight excluding hydrogens is 290 g/mol. The number of rotatable bonds is 3. The van der Waals surface area contributed by atoms with Crippen LogP contribution in [0.25, 0.3) is 10.4 Å². The average Bonchev–Trinajstić information content (AvgIpc) is 3.20. The average molecular weight is 301 g/mol. The number of benzene rings is 1. The maximum Gasteiger partial charge on any atom is 0.343 e. The molecule has 0 unspecified atom stereocenters. The summed E-state index contributed by atoms with van der Waals surface area (Å²) in [5.74, 6) is 1.55. The number of hydrogen-bond donors (Lipinski definition) is 1. The van der Waals surface area contributed by atoms with Crippen LogP contribution in [0.15, 0.2) is 41.5 Å². The third-order valence-corrected chi connectivity index (χ3v) is 4.38. The van der Waals surface area contributed by atoms with Crippen LogP contribution < -0.4 is 15.2 Å². The van der Waals surface area contributed by atoms with Crippen molar-refractivity contribution < 1.29 is 9.47 Å². The van der Waals surface area contributed by atoms with Gasteiger partial charge in [0.2, 0.25) is 6.79 Å². The van der Waals surface area contributed by atoms with E-state index in [2.05, 4.69) is 10.2 Å². The molecule has 3 aromatic rings. The molecule has 1 aromatic carbocycles. The molecule has 4 rings (SSSR count). The van der Waals surface area contributed by atoms with E-state index in [0.29, 0.717) is 6.54 Å². The van der Waals surface area contributed by atoms with Crippen LogP contribution in [0.2, 0.25) is 0 Å². The second-order valence-electron chi connectivity index (χ2n) is 4.62. The van der Waals surface area contributed by atoms with Gasteiger partial charge in [0.1, 0.15) is 6.33 Å². The van der Waals surface area contributed by atoms with Crippen molar-refractivity contribution >= 4 is 11.3 Å². The van der Waals surface area contributed by atoms with Crippen LogP contribution in [-0.2, 0) is 6.54 Å². The van der Waals surface area contributed by atoms with E-state index in [4.69, 9.17) is 9.47 Å². The Balaban J connectivity index is 1.62. The van der Waals surface area contributed by atoms with Crippen LogP contribution in [0.1, 0.15) is 4.88 Å². The summed E-state index contributed by atoms with van der Waals surface area (Å²) >= 11 is 1.64. The molecule has 1 aliphatic rings. The van der Waals surface area contributed by atoms with E-state index in [1.165, 1.54) is 10.9 Å². The Morgan fingerprint density at radius 3 is 3.00 bits per heavy atom. The molecule has 0 atom stereocenters. The van der Waals surface area contributed by atoms with Gasteiger partial charge in [0.15, 0.2) is 11.5 Å². The Hall–Kier alpha value is -2.54. The first-order valence-corrected chi connectivity index (χ1v) is 7.20. The van der Waals surface area contributed by atoms with E-state index < -0.39 is 0 Å². The Morgan fingerprint density at radius 1 is 1.24 bits per heavy atom. The lowest BCUT2D eigenvalue weighted by atomic mass is 10.1. The number of nitrogens with one attached hydrogen (secondary N) is 1. The number of thiophene rings is 1. The molecule has 6 nitrogen and oxygen atoms in total. The summed E-state index contributed by atoms with van der Waals surface area (Å²) in [5, 5.41) is 6.11. The molecule has 7 heteroatoms. The minimum atomic E-state index is -0.201. The lowest BCUT2D eigenvalue weighted by molar-refractivity contribution is 0.174. The van der Waals surface area contributed by atoms with Crippen molar-refractivity contribution in [2.24, 2.45) is 0 Å². The molecule has 0 saturated carbocycles. The standard InChI is InChI=1S/C14H11N3O3S/c18-14-16-15-7-17(14)6-10-2-4-13(21-10)9-1-3-11-12(5-9)20-8-19-11/h1-5,7H,6,8H2,(H,16,18). The summed E-state index contributed by atoms with van der Waals surface area (Å²) in [6.45, 7) is 0.794. The zero-order chi connectivity index (χ0) is 14.2.